The van der Waals surface area contributed by atoms with Crippen LogP contribution >= 0.6 is 0 Å². The van der Waals surface area contributed by atoms with Crippen molar-refractivity contribution in [1.29, 1.82) is 0 Å². The van der Waals surface area contributed by atoms with Crippen molar-refractivity contribution in [2.75, 3.05) is 7.05 Å². The molecule has 0 bridgehead atoms. The Labute approximate surface area is 224 Å². The molecule has 0 unspecified atom stereocenters. The first-order valence-corrected chi connectivity index (χ1v) is 14.7. The van der Waals surface area contributed by atoms with Crippen molar-refractivity contribution in [1.82, 2.24) is 22.8 Å². The molecule has 0 radical (unpaired) electrons. The van der Waals surface area contributed by atoms with Crippen molar-refractivity contribution < 1.29 is 21.6 Å². The standard InChI is InChI=1S/C26H25N5O6S2/c1-16-5-7-20(8-6-16)38(34,35)31-19(15-32)13-18-11-17(2)12-22(25(18)31)39(36,37)30(4)14-23-27-21-9-10-29(3)26(33)24(21)28-23/h5-13,15H,14H2,1-4H3,(H,27,28). The van der Waals surface area contributed by atoms with Gasteiger partial charge in [-0.1, -0.05) is 17.7 Å². The second-order valence-corrected chi connectivity index (χ2v) is 13.2. The molecule has 13 heteroatoms. The van der Waals surface area contributed by atoms with E-state index in [0.717, 1.165) is 13.8 Å². The van der Waals surface area contributed by atoms with Crippen molar-refractivity contribution in [3.8, 4) is 0 Å². The fourth-order valence-electron chi connectivity index (χ4n) is 4.48. The van der Waals surface area contributed by atoms with Crippen LogP contribution in [-0.4, -0.2) is 53.0 Å². The van der Waals surface area contributed by atoms with E-state index in [1.807, 2.05) is 6.92 Å². The third-order valence-corrected chi connectivity index (χ3v) is 10.1. The van der Waals surface area contributed by atoms with Crippen LogP contribution in [0.4, 0.5) is 0 Å². The molecule has 0 aliphatic carbocycles. The Morgan fingerprint density at radius 3 is 2.36 bits per heavy atom. The number of hydrogen-bond donors (Lipinski definition) is 1. The molecule has 0 spiro atoms. The van der Waals surface area contributed by atoms with Crippen molar-refractivity contribution in [2.45, 2.75) is 30.2 Å². The number of nitrogens with one attached hydrogen (secondary N) is 1. The van der Waals surface area contributed by atoms with Gasteiger partial charge in [-0.2, -0.15) is 4.31 Å². The maximum absolute atomic E-state index is 13.9. The van der Waals surface area contributed by atoms with Gasteiger partial charge < -0.3 is 9.55 Å². The van der Waals surface area contributed by atoms with Crippen LogP contribution in [0.3, 0.4) is 0 Å². The van der Waals surface area contributed by atoms with E-state index in [2.05, 4.69) is 9.97 Å². The summed E-state index contributed by atoms with van der Waals surface area (Å²) in [7, 11) is -5.74. The second kappa shape index (κ2) is 9.29. The summed E-state index contributed by atoms with van der Waals surface area (Å²) >= 11 is 0. The minimum absolute atomic E-state index is 0.0881. The number of aldehydes is 1. The Kier molecular flexibility index (Phi) is 6.32. The molecule has 0 amide bonds. The van der Waals surface area contributed by atoms with E-state index in [0.29, 0.717) is 17.4 Å². The van der Waals surface area contributed by atoms with Gasteiger partial charge in [0.05, 0.1) is 28.2 Å². The van der Waals surface area contributed by atoms with E-state index in [-0.39, 0.29) is 49.8 Å². The number of aromatic nitrogens is 4. The zero-order chi connectivity index (χ0) is 28.3. The number of rotatable bonds is 7. The minimum Gasteiger partial charge on any atom is -0.341 e. The molecule has 3 aromatic heterocycles. The summed E-state index contributed by atoms with van der Waals surface area (Å²) in [6, 6.07) is 12.1. The first kappa shape index (κ1) is 26.5. The molecule has 3 heterocycles. The third kappa shape index (κ3) is 4.37. The smallest absolute Gasteiger partial charge is 0.278 e. The molecule has 1 N–H and O–H groups in total. The normalized spacial score (nSPS) is 12.5. The Balaban J connectivity index is 1.68. The zero-order valence-electron chi connectivity index (χ0n) is 21.5. The number of pyridine rings is 1. The fourth-order valence-corrected chi connectivity index (χ4v) is 7.46. The summed E-state index contributed by atoms with van der Waals surface area (Å²) in [5.74, 6) is 0.236. The lowest BCUT2D eigenvalue weighted by Crippen LogP contribution is -2.28. The van der Waals surface area contributed by atoms with E-state index in [4.69, 9.17) is 0 Å². The number of sulfonamides is 1. The van der Waals surface area contributed by atoms with Gasteiger partial charge >= 0.3 is 0 Å². The largest absolute Gasteiger partial charge is 0.341 e. The van der Waals surface area contributed by atoms with Gasteiger partial charge in [0.2, 0.25) is 10.0 Å². The number of carbonyl (C=O) groups is 1. The summed E-state index contributed by atoms with van der Waals surface area (Å²) in [5, 5.41) is 0.284. The van der Waals surface area contributed by atoms with Crippen LogP contribution in [0, 0.1) is 13.8 Å². The van der Waals surface area contributed by atoms with Crippen molar-refractivity contribution in [3.63, 3.8) is 0 Å². The lowest BCUT2D eigenvalue weighted by molar-refractivity contribution is 0.111. The molecule has 39 heavy (non-hydrogen) atoms. The molecule has 0 saturated heterocycles. The highest BCUT2D eigenvalue weighted by Gasteiger charge is 2.31. The minimum atomic E-state index is -4.34. The van der Waals surface area contributed by atoms with Gasteiger partial charge in [0.1, 0.15) is 10.7 Å². The third-order valence-electron chi connectivity index (χ3n) is 6.50. The molecule has 0 aliphatic heterocycles. The quantitative estimate of drug-likeness (QED) is 0.298. The van der Waals surface area contributed by atoms with Crippen molar-refractivity contribution in [2.24, 2.45) is 7.05 Å². The van der Waals surface area contributed by atoms with E-state index >= 15 is 0 Å². The SMILES string of the molecule is Cc1ccc(S(=O)(=O)n2c(C=O)cc3cc(C)cc(S(=O)(=O)N(C)Cc4nc5c(=O)n(C)ccc5[nH]4)c32)cc1. The molecule has 0 fully saturated rings. The summed E-state index contributed by atoms with van der Waals surface area (Å²) in [6.45, 7) is 3.27. The molecule has 0 aliphatic rings. The zero-order valence-corrected chi connectivity index (χ0v) is 23.2. The van der Waals surface area contributed by atoms with Crippen molar-refractivity contribution >= 4 is 48.3 Å². The average Bonchev–Trinajstić information content (AvgIpc) is 3.47. The number of hydrogen-bond acceptors (Lipinski definition) is 7. The Hall–Kier alpha value is -4.07. The number of carbonyl (C=O) groups excluding carboxylic acids is 1. The van der Waals surface area contributed by atoms with E-state index in [9.17, 15) is 26.4 Å². The number of aryl methyl sites for hydroxylation is 3. The predicted molar refractivity (Wildman–Crippen MR) is 146 cm³/mol. The van der Waals surface area contributed by atoms with E-state index in [1.165, 1.54) is 35.9 Å². The van der Waals surface area contributed by atoms with Gasteiger partial charge in [-0.15, -0.1) is 0 Å². The average molecular weight is 568 g/mol. The van der Waals surface area contributed by atoms with Crippen LogP contribution in [0.15, 0.2) is 69.3 Å². The van der Waals surface area contributed by atoms with Crippen LogP contribution in [0.5, 0.6) is 0 Å². The number of H-pyrrole nitrogens is 1. The topological polar surface area (TPSA) is 144 Å². The number of aromatic amines is 1. The predicted octanol–water partition coefficient (Wildman–Crippen LogP) is 2.70. The lowest BCUT2D eigenvalue weighted by atomic mass is 10.2. The molecule has 202 valence electrons. The first-order valence-electron chi connectivity index (χ1n) is 11.8. The Bertz CT molecular complexity index is 2050. The molecule has 5 aromatic rings. The lowest BCUT2D eigenvalue weighted by Gasteiger charge is -2.19. The van der Waals surface area contributed by atoms with Crippen LogP contribution in [0.2, 0.25) is 0 Å². The van der Waals surface area contributed by atoms with Gasteiger partial charge in [-0.3, -0.25) is 9.59 Å². The van der Waals surface area contributed by atoms with Crippen LogP contribution in [-0.2, 0) is 33.6 Å². The summed E-state index contributed by atoms with van der Waals surface area (Å²) < 4.78 is 58.5. The van der Waals surface area contributed by atoms with E-state index < -0.39 is 20.0 Å². The van der Waals surface area contributed by atoms with Gasteiger partial charge in [-0.25, -0.2) is 25.8 Å². The monoisotopic (exact) mass is 567 g/mol. The van der Waals surface area contributed by atoms with Gasteiger partial charge in [0.25, 0.3) is 15.6 Å². The highest BCUT2D eigenvalue weighted by molar-refractivity contribution is 7.90. The fraction of sp³-hybridized carbons (Fsp3) is 0.192. The maximum Gasteiger partial charge on any atom is 0.278 e. The molecular weight excluding hydrogens is 542 g/mol. The molecule has 0 atom stereocenters. The summed E-state index contributed by atoms with van der Waals surface area (Å²) in [5.41, 5.74) is 1.37. The number of benzene rings is 2. The molecule has 11 nitrogen and oxygen atoms in total. The second-order valence-electron chi connectivity index (χ2n) is 9.41. The maximum atomic E-state index is 13.9. The van der Waals surface area contributed by atoms with Gasteiger partial charge in [0.15, 0.2) is 11.8 Å². The van der Waals surface area contributed by atoms with Crippen molar-refractivity contribution in [3.05, 3.63) is 87.7 Å². The molecule has 2 aromatic carbocycles. The summed E-state index contributed by atoms with van der Waals surface area (Å²) in [4.78, 5) is 31.3. The highest BCUT2D eigenvalue weighted by Crippen LogP contribution is 2.33. The number of nitrogens with zero attached hydrogens (tertiary/aromatic N) is 4. The van der Waals surface area contributed by atoms with E-state index in [1.54, 1.807) is 44.4 Å². The first-order chi connectivity index (χ1) is 18.3. The highest BCUT2D eigenvalue weighted by atomic mass is 32.2. The van der Waals surface area contributed by atoms with Crippen LogP contribution in [0.1, 0.15) is 27.4 Å². The van der Waals surface area contributed by atoms with Gasteiger partial charge in [-0.05, 0) is 55.8 Å². The molecule has 5 rings (SSSR count). The van der Waals surface area contributed by atoms with Crippen LogP contribution < -0.4 is 5.56 Å². The summed E-state index contributed by atoms with van der Waals surface area (Å²) in [6.07, 6.45) is 1.96. The Morgan fingerprint density at radius 1 is 1.00 bits per heavy atom. The number of imidazole rings is 1. The van der Waals surface area contributed by atoms with Gasteiger partial charge in [0, 0.05) is 25.7 Å². The molecule has 0 saturated carbocycles. The molecular formula is C26H25N5O6S2. The Morgan fingerprint density at radius 2 is 1.69 bits per heavy atom. The van der Waals surface area contributed by atoms with Crippen LogP contribution in [0.25, 0.3) is 21.9 Å². The number of fused-ring (bicyclic) bond motifs is 2.